The van der Waals surface area contributed by atoms with E-state index in [1.54, 1.807) is 0 Å². The number of carbonyl (C=O) groups is 2. The predicted octanol–water partition coefficient (Wildman–Crippen LogP) is 2.19. The van der Waals surface area contributed by atoms with Crippen molar-refractivity contribution in [1.29, 1.82) is 0 Å². The molecule has 0 aromatic carbocycles. The quantitative estimate of drug-likeness (QED) is 0.779. The standard InChI is InChI=1S/C19H33N3O3/c1-15(2)6-10-22-14-19(25-18(22)24)7-11-21(12-8-19)17(23)16-5-4-9-20(3)13-16/h15-16H,4-14H2,1-3H3/t16-/m0/s1. The Morgan fingerprint density at radius 3 is 2.64 bits per heavy atom. The number of rotatable bonds is 4. The van der Waals surface area contributed by atoms with Crippen LogP contribution in [0.2, 0.25) is 0 Å². The van der Waals surface area contributed by atoms with Gasteiger partial charge in [-0.25, -0.2) is 4.79 Å². The van der Waals surface area contributed by atoms with Gasteiger partial charge in [-0.05, 0) is 38.8 Å². The lowest BCUT2D eigenvalue weighted by molar-refractivity contribution is -0.140. The first-order valence-corrected chi connectivity index (χ1v) is 9.84. The fraction of sp³-hybridized carbons (Fsp3) is 0.895. The normalized spacial score (nSPS) is 27.2. The van der Waals surface area contributed by atoms with Crippen molar-refractivity contribution in [1.82, 2.24) is 14.7 Å². The van der Waals surface area contributed by atoms with Gasteiger partial charge in [0.2, 0.25) is 5.91 Å². The van der Waals surface area contributed by atoms with Crippen molar-refractivity contribution in [2.45, 2.75) is 51.6 Å². The molecule has 1 spiro atoms. The van der Waals surface area contributed by atoms with Crippen LogP contribution in [0, 0.1) is 11.8 Å². The van der Waals surface area contributed by atoms with Gasteiger partial charge in [-0.1, -0.05) is 13.8 Å². The van der Waals surface area contributed by atoms with Crippen LogP contribution < -0.4 is 0 Å². The smallest absolute Gasteiger partial charge is 0.410 e. The number of nitrogens with zero attached hydrogens (tertiary/aromatic N) is 3. The van der Waals surface area contributed by atoms with E-state index in [0.29, 0.717) is 31.5 Å². The molecule has 0 aromatic rings. The Labute approximate surface area is 151 Å². The number of ether oxygens (including phenoxy) is 1. The summed E-state index contributed by atoms with van der Waals surface area (Å²) in [5, 5.41) is 0. The minimum Gasteiger partial charge on any atom is -0.441 e. The van der Waals surface area contributed by atoms with E-state index in [-0.39, 0.29) is 17.6 Å². The van der Waals surface area contributed by atoms with E-state index >= 15 is 0 Å². The minimum absolute atomic E-state index is 0.140. The van der Waals surface area contributed by atoms with Crippen LogP contribution in [0.4, 0.5) is 4.79 Å². The van der Waals surface area contributed by atoms with Gasteiger partial charge in [0, 0.05) is 39.0 Å². The molecule has 3 aliphatic heterocycles. The lowest BCUT2D eigenvalue weighted by Gasteiger charge is -2.40. The molecule has 0 aliphatic carbocycles. The van der Waals surface area contributed by atoms with Gasteiger partial charge in [0.15, 0.2) is 0 Å². The lowest BCUT2D eigenvalue weighted by Crippen LogP contribution is -2.51. The van der Waals surface area contributed by atoms with Crippen molar-refractivity contribution < 1.29 is 14.3 Å². The number of hydrogen-bond donors (Lipinski definition) is 0. The topological polar surface area (TPSA) is 53.1 Å². The predicted molar refractivity (Wildman–Crippen MR) is 96.3 cm³/mol. The van der Waals surface area contributed by atoms with Crippen LogP contribution in [0.25, 0.3) is 0 Å². The Bertz CT molecular complexity index is 500. The average Bonchev–Trinajstić information content (AvgIpc) is 2.88. The van der Waals surface area contributed by atoms with Crippen LogP contribution in [-0.2, 0) is 9.53 Å². The summed E-state index contributed by atoms with van der Waals surface area (Å²) >= 11 is 0. The van der Waals surface area contributed by atoms with Crippen LogP contribution in [-0.4, -0.2) is 78.6 Å². The maximum atomic E-state index is 12.8. The van der Waals surface area contributed by atoms with Gasteiger partial charge in [-0.3, -0.25) is 4.79 Å². The van der Waals surface area contributed by atoms with E-state index in [1.165, 1.54) is 0 Å². The van der Waals surface area contributed by atoms with Crippen LogP contribution >= 0.6 is 0 Å². The molecule has 142 valence electrons. The Morgan fingerprint density at radius 1 is 1.28 bits per heavy atom. The van der Waals surface area contributed by atoms with E-state index < -0.39 is 0 Å². The maximum Gasteiger partial charge on any atom is 0.410 e. The second kappa shape index (κ2) is 7.52. The third-order valence-electron chi connectivity index (χ3n) is 5.98. The molecule has 3 fully saturated rings. The Hall–Kier alpha value is -1.30. The molecule has 0 aromatic heterocycles. The summed E-state index contributed by atoms with van der Waals surface area (Å²) in [7, 11) is 2.09. The first kappa shape index (κ1) is 18.5. The second-order valence-corrected chi connectivity index (χ2v) is 8.58. The Kier molecular flexibility index (Phi) is 5.56. The van der Waals surface area contributed by atoms with E-state index in [1.807, 2.05) is 9.80 Å². The molecule has 3 rings (SSSR count). The lowest BCUT2D eigenvalue weighted by atomic mass is 9.89. The zero-order valence-electron chi connectivity index (χ0n) is 16.0. The first-order valence-electron chi connectivity index (χ1n) is 9.84. The molecule has 1 atom stereocenters. The highest BCUT2D eigenvalue weighted by molar-refractivity contribution is 5.79. The molecule has 6 heteroatoms. The summed E-state index contributed by atoms with van der Waals surface area (Å²) in [5.41, 5.74) is -0.367. The van der Waals surface area contributed by atoms with Crippen LogP contribution in [0.15, 0.2) is 0 Å². The molecule has 0 bridgehead atoms. The minimum atomic E-state index is -0.367. The zero-order chi connectivity index (χ0) is 18.0. The summed E-state index contributed by atoms with van der Waals surface area (Å²) in [6, 6.07) is 0. The van der Waals surface area contributed by atoms with Gasteiger partial charge < -0.3 is 19.4 Å². The molecule has 0 saturated carbocycles. The fourth-order valence-electron chi connectivity index (χ4n) is 4.30. The summed E-state index contributed by atoms with van der Waals surface area (Å²) in [6.45, 7) is 9.19. The van der Waals surface area contributed by atoms with Crippen molar-refractivity contribution in [3.63, 3.8) is 0 Å². The molecule has 25 heavy (non-hydrogen) atoms. The molecule has 3 aliphatic rings. The van der Waals surface area contributed by atoms with Crippen LogP contribution in [0.5, 0.6) is 0 Å². The van der Waals surface area contributed by atoms with Crippen molar-refractivity contribution in [2.75, 3.05) is 46.3 Å². The van der Waals surface area contributed by atoms with Crippen LogP contribution in [0.1, 0.15) is 46.0 Å². The largest absolute Gasteiger partial charge is 0.441 e. The van der Waals surface area contributed by atoms with Crippen molar-refractivity contribution >= 4 is 12.0 Å². The molecule has 2 amide bonds. The summed E-state index contributed by atoms with van der Waals surface area (Å²) in [6.07, 6.45) is 4.48. The van der Waals surface area contributed by atoms with Crippen molar-refractivity contribution in [2.24, 2.45) is 11.8 Å². The van der Waals surface area contributed by atoms with Crippen LogP contribution in [0.3, 0.4) is 0 Å². The molecule has 0 N–H and O–H groups in total. The Balaban J connectivity index is 1.51. The molecule has 6 nitrogen and oxygen atoms in total. The number of piperidine rings is 2. The first-order chi connectivity index (χ1) is 11.9. The van der Waals surface area contributed by atoms with E-state index in [2.05, 4.69) is 25.8 Å². The van der Waals surface area contributed by atoms with E-state index in [0.717, 1.165) is 51.7 Å². The molecule has 3 heterocycles. The van der Waals surface area contributed by atoms with Crippen molar-refractivity contribution in [3.8, 4) is 0 Å². The second-order valence-electron chi connectivity index (χ2n) is 8.58. The van der Waals surface area contributed by atoms with Gasteiger partial charge in [0.05, 0.1) is 12.5 Å². The van der Waals surface area contributed by atoms with Gasteiger partial charge in [0.25, 0.3) is 0 Å². The monoisotopic (exact) mass is 351 g/mol. The highest BCUT2D eigenvalue weighted by atomic mass is 16.6. The molecular formula is C19H33N3O3. The number of amides is 2. The number of likely N-dealkylation sites (tertiary alicyclic amines) is 2. The Morgan fingerprint density at radius 2 is 2.00 bits per heavy atom. The third-order valence-corrected chi connectivity index (χ3v) is 5.98. The summed E-state index contributed by atoms with van der Waals surface area (Å²) in [4.78, 5) is 31.1. The summed E-state index contributed by atoms with van der Waals surface area (Å²) < 4.78 is 5.77. The number of carbonyl (C=O) groups excluding carboxylic acids is 2. The van der Waals surface area contributed by atoms with Gasteiger partial charge in [-0.2, -0.15) is 0 Å². The fourth-order valence-corrected chi connectivity index (χ4v) is 4.30. The molecule has 0 unspecified atom stereocenters. The molecule has 3 saturated heterocycles. The maximum absolute atomic E-state index is 12.8. The summed E-state index contributed by atoms with van der Waals surface area (Å²) in [5.74, 6) is 1.02. The van der Waals surface area contributed by atoms with E-state index in [9.17, 15) is 9.59 Å². The molecule has 0 radical (unpaired) electrons. The highest BCUT2D eigenvalue weighted by Gasteiger charge is 2.47. The number of hydrogen-bond acceptors (Lipinski definition) is 4. The van der Waals surface area contributed by atoms with Gasteiger partial charge >= 0.3 is 6.09 Å². The third kappa shape index (κ3) is 4.27. The average molecular weight is 351 g/mol. The SMILES string of the molecule is CC(C)CCN1CC2(CCN(C(=O)[C@H]3CCCN(C)C3)CC2)OC1=O. The van der Waals surface area contributed by atoms with Gasteiger partial charge in [0.1, 0.15) is 5.60 Å². The van der Waals surface area contributed by atoms with Gasteiger partial charge in [-0.15, -0.1) is 0 Å². The van der Waals surface area contributed by atoms with Crippen molar-refractivity contribution in [3.05, 3.63) is 0 Å². The van der Waals surface area contributed by atoms with E-state index in [4.69, 9.17) is 4.74 Å². The highest BCUT2D eigenvalue weighted by Crippen LogP contribution is 2.34. The molecular weight excluding hydrogens is 318 g/mol. The zero-order valence-corrected chi connectivity index (χ0v) is 16.0.